The zero-order chi connectivity index (χ0) is 13.0. The van der Waals surface area contributed by atoms with Gasteiger partial charge in [0.25, 0.3) is 0 Å². The fraction of sp³-hybridized carbons (Fsp3) is 0.500. The highest BCUT2D eigenvalue weighted by molar-refractivity contribution is 6.31. The van der Waals surface area contributed by atoms with Crippen LogP contribution in [0.2, 0.25) is 5.02 Å². The van der Waals surface area contributed by atoms with E-state index in [9.17, 15) is 9.18 Å². The summed E-state index contributed by atoms with van der Waals surface area (Å²) in [6.45, 7) is 2.09. The molecule has 1 N–H and O–H groups in total. The monoisotopic (exact) mass is 269 g/mol. The summed E-state index contributed by atoms with van der Waals surface area (Å²) in [5.74, 6) is 0.202. The summed E-state index contributed by atoms with van der Waals surface area (Å²) in [6.07, 6.45) is 3.71. The molecule has 98 valence electrons. The largest absolute Gasteiger partial charge is 0.317 e. The molecule has 2 rings (SSSR count). The molecule has 0 aromatic heterocycles. The Kier molecular flexibility index (Phi) is 4.72. The Hall–Kier alpha value is -0.930. The third-order valence-corrected chi connectivity index (χ3v) is 3.77. The van der Waals surface area contributed by atoms with Gasteiger partial charge in [-0.2, -0.15) is 0 Å². The second kappa shape index (κ2) is 6.30. The molecule has 0 saturated carbocycles. The molecule has 1 aromatic carbocycles. The summed E-state index contributed by atoms with van der Waals surface area (Å²) < 4.78 is 13.0. The van der Waals surface area contributed by atoms with Crippen LogP contribution in [0.25, 0.3) is 0 Å². The lowest BCUT2D eigenvalue weighted by atomic mass is 9.91. The minimum absolute atomic E-state index is 0.0164. The van der Waals surface area contributed by atoms with Gasteiger partial charge >= 0.3 is 0 Å². The van der Waals surface area contributed by atoms with Crippen molar-refractivity contribution >= 4 is 17.4 Å². The predicted octanol–water partition coefficient (Wildman–Crippen LogP) is 3.44. The third kappa shape index (κ3) is 3.53. The van der Waals surface area contributed by atoms with Crippen LogP contribution in [0.5, 0.6) is 0 Å². The van der Waals surface area contributed by atoms with Crippen LogP contribution in [0.3, 0.4) is 0 Å². The second-order valence-electron chi connectivity index (χ2n) is 4.78. The molecule has 0 bridgehead atoms. The minimum Gasteiger partial charge on any atom is -0.317 e. The van der Waals surface area contributed by atoms with Gasteiger partial charge in [-0.05, 0) is 56.5 Å². The predicted molar refractivity (Wildman–Crippen MR) is 70.6 cm³/mol. The molecule has 0 radical (unpaired) electrons. The number of carbonyl (C=O) groups is 1. The number of halogens is 2. The van der Waals surface area contributed by atoms with Gasteiger partial charge in [-0.25, -0.2) is 4.39 Å². The fourth-order valence-electron chi connectivity index (χ4n) is 2.32. The molecule has 4 heteroatoms. The highest BCUT2D eigenvalue weighted by Gasteiger charge is 2.15. The zero-order valence-corrected chi connectivity index (χ0v) is 11.0. The van der Waals surface area contributed by atoms with E-state index in [1.807, 2.05) is 0 Å². The van der Waals surface area contributed by atoms with Gasteiger partial charge < -0.3 is 5.32 Å². The first-order chi connectivity index (χ1) is 8.66. The fourth-order valence-corrected chi connectivity index (χ4v) is 2.50. The van der Waals surface area contributed by atoms with Crippen molar-refractivity contribution in [1.29, 1.82) is 0 Å². The molecule has 0 atom stereocenters. The van der Waals surface area contributed by atoms with Crippen LogP contribution in [0.4, 0.5) is 4.39 Å². The highest BCUT2D eigenvalue weighted by atomic mass is 35.5. The van der Waals surface area contributed by atoms with Crippen molar-refractivity contribution in [3.8, 4) is 0 Å². The van der Waals surface area contributed by atoms with Crippen molar-refractivity contribution in [1.82, 2.24) is 5.32 Å². The molecule has 1 aliphatic heterocycles. The van der Waals surface area contributed by atoms with Crippen LogP contribution < -0.4 is 5.32 Å². The molecule has 0 amide bonds. The van der Waals surface area contributed by atoms with Crippen LogP contribution in [-0.2, 0) is 0 Å². The van der Waals surface area contributed by atoms with Crippen LogP contribution in [-0.4, -0.2) is 18.9 Å². The van der Waals surface area contributed by atoms with E-state index in [1.54, 1.807) is 0 Å². The molecule has 1 heterocycles. The van der Waals surface area contributed by atoms with Crippen molar-refractivity contribution in [3.05, 3.63) is 34.6 Å². The number of hydrogen-bond donors (Lipinski definition) is 1. The standard InChI is InChI=1S/C14H17ClFNO/c15-12-9-11(2-3-13(12)16)14(18)4-1-10-5-7-17-8-6-10/h2-3,9-10,17H,1,4-8H2. The summed E-state index contributed by atoms with van der Waals surface area (Å²) in [6, 6.07) is 4.17. The van der Waals surface area contributed by atoms with E-state index >= 15 is 0 Å². The Morgan fingerprint density at radius 1 is 1.39 bits per heavy atom. The summed E-state index contributed by atoms with van der Waals surface area (Å²) in [4.78, 5) is 12.0. The molecule has 0 spiro atoms. The summed E-state index contributed by atoms with van der Waals surface area (Å²) in [7, 11) is 0. The number of nitrogens with one attached hydrogen (secondary N) is 1. The molecular formula is C14H17ClFNO. The molecule has 18 heavy (non-hydrogen) atoms. The number of hydrogen-bond acceptors (Lipinski definition) is 2. The van der Waals surface area contributed by atoms with Gasteiger partial charge in [-0.15, -0.1) is 0 Å². The Balaban J connectivity index is 1.88. The highest BCUT2D eigenvalue weighted by Crippen LogP contribution is 2.21. The van der Waals surface area contributed by atoms with Crippen molar-refractivity contribution in [2.75, 3.05) is 13.1 Å². The Labute approximate surface area is 112 Å². The van der Waals surface area contributed by atoms with Crippen molar-refractivity contribution in [2.24, 2.45) is 5.92 Å². The smallest absolute Gasteiger partial charge is 0.162 e. The second-order valence-corrected chi connectivity index (χ2v) is 5.19. The number of carbonyl (C=O) groups excluding carboxylic acids is 1. The van der Waals surface area contributed by atoms with Crippen LogP contribution >= 0.6 is 11.6 Å². The van der Waals surface area contributed by atoms with Crippen molar-refractivity contribution < 1.29 is 9.18 Å². The van der Waals surface area contributed by atoms with Crippen LogP contribution in [0.15, 0.2) is 18.2 Å². The van der Waals surface area contributed by atoms with Gasteiger partial charge in [-0.1, -0.05) is 11.6 Å². The summed E-state index contributed by atoms with van der Waals surface area (Å²) >= 11 is 5.67. The normalized spacial score (nSPS) is 16.8. The van der Waals surface area contributed by atoms with Crippen molar-refractivity contribution in [2.45, 2.75) is 25.7 Å². The molecule has 1 fully saturated rings. The van der Waals surface area contributed by atoms with E-state index in [-0.39, 0.29) is 10.8 Å². The van der Waals surface area contributed by atoms with Gasteiger partial charge in [0.2, 0.25) is 0 Å². The van der Waals surface area contributed by atoms with Crippen LogP contribution in [0, 0.1) is 11.7 Å². The maximum atomic E-state index is 13.0. The van der Waals surface area contributed by atoms with Gasteiger partial charge in [0, 0.05) is 12.0 Å². The topological polar surface area (TPSA) is 29.1 Å². The summed E-state index contributed by atoms with van der Waals surface area (Å²) in [5, 5.41) is 3.32. The summed E-state index contributed by atoms with van der Waals surface area (Å²) in [5.41, 5.74) is 0.510. The first kappa shape index (κ1) is 13.5. The number of rotatable bonds is 4. The molecule has 1 aliphatic rings. The number of piperidine rings is 1. The maximum absolute atomic E-state index is 13.0. The maximum Gasteiger partial charge on any atom is 0.162 e. The zero-order valence-electron chi connectivity index (χ0n) is 10.2. The van der Waals surface area contributed by atoms with E-state index in [4.69, 9.17) is 11.6 Å². The number of Topliss-reactive ketones (excluding diaryl/α,β-unsaturated/α-hetero) is 1. The molecule has 0 unspecified atom stereocenters. The lowest BCUT2D eigenvalue weighted by Gasteiger charge is -2.22. The van der Waals surface area contributed by atoms with Gasteiger partial charge in [0.15, 0.2) is 5.78 Å². The molecular weight excluding hydrogens is 253 g/mol. The molecule has 0 aliphatic carbocycles. The van der Waals surface area contributed by atoms with Crippen LogP contribution in [0.1, 0.15) is 36.0 Å². The van der Waals surface area contributed by atoms with E-state index in [0.29, 0.717) is 17.9 Å². The Morgan fingerprint density at radius 2 is 2.11 bits per heavy atom. The molecule has 1 aromatic rings. The first-order valence-electron chi connectivity index (χ1n) is 6.36. The average Bonchev–Trinajstić information content (AvgIpc) is 2.40. The SMILES string of the molecule is O=C(CCC1CCNCC1)c1ccc(F)c(Cl)c1. The number of benzene rings is 1. The molecule has 1 saturated heterocycles. The quantitative estimate of drug-likeness (QED) is 0.849. The third-order valence-electron chi connectivity index (χ3n) is 3.48. The van der Waals surface area contributed by atoms with E-state index in [1.165, 1.54) is 18.2 Å². The lowest BCUT2D eigenvalue weighted by molar-refractivity contribution is 0.0970. The number of ketones is 1. The lowest BCUT2D eigenvalue weighted by Crippen LogP contribution is -2.27. The minimum atomic E-state index is -0.480. The van der Waals surface area contributed by atoms with E-state index in [0.717, 1.165) is 32.4 Å². The molecule has 2 nitrogen and oxygen atoms in total. The van der Waals surface area contributed by atoms with E-state index in [2.05, 4.69) is 5.32 Å². The Bertz CT molecular complexity index is 430. The van der Waals surface area contributed by atoms with Gasteiger partial charge in [0.1, 0.15) is 5.82 Å². The Morgan fingerprint density at radius 3 is 2.78 bits per heavy atom. The van der Waals surface area contributed by atoms with Gasteiger partial charge in [-0.3, -0.25) is 4.79 Å². The first-order valence-corrected chi connectivity index (χ1v) is 6.73. The average molecular weight is 270 g/mol. The van der Waals surface area contributed by atoms with E-state index < -0.39 is 5.82 Å². The van der Waals surface area contributed by atoms with Crippen molar-refractivity contribution in [3.63, 3.8) is 0 Å². The van der Waals surface area contributed by atoms with Gasteiger partial charge in [0.05, 0.1) is 5.02 Å².